The first-order valence-electron chi connectivity index (χ1n) is 6.34. The van der Waals surface area contributed by atoms with Crippen LogP contribution in [0.4, 0.5) is 13.2 Å². The van der Waals surface area contributed by atoms with Crippen molar-refractivity contribution in [1.82, 2.24) is 5.32 Å². The Kier molecular flexibility index (Phi) is 4.50. The van der Waals surface area contributed by atoms with Crippen LogP contribution in [0.25, 0.3) is 11.1 Å². The third kappa shape index (κ3) is 3.61. The molecule has 0 saturated heterocycles. The molecule has 1 aromatic carbocycles. The van der Waals surface area contributed by atoms with E-state index in [9.17, 15) is 13.2 Å². The first-order valence-corrected chi connectivity index (χ1v) is 7.28. The van der Waals surface area contributed by atoms with Crippen LogP contribution in [-0.2, 0) is 12.7 Å². The Morgan fingerprint density at radius 1 is 1.10 bits per heavy atom. The maximum absolute atomic E-state index is 12.5. The molecule has 0 aliphatic carbocycles. The van der Waals surface area contributed by atoms with Crippen molar-refractivity contribution in [3.8, 4) is 11.1 Å². The first kappa shape index (κ1) is 15.1. The largest absolute Gasteiger partial charge is 0.416 e. The second kappa shape index (κ2) is 5.97. The van der Waals surface area contributed by atoms with Crippen molar-refractivity contribution in [2.45, 2.75) is 32.6 Å². The number of nitrogens with one attached hydrogen (secondary N) is 1. The second-order valence-corrected chi connectivity index (χ2v) is 5.66. The Bertz CT molecular complexity index is 555. The van der Waals surface area contributed by atoms with Crippen molar-refractivity contribution in [2.75, 3.05) is 0 Å². The molecule has 0 atom stereocenters. The van der Waals surface area contributed by atoms with Gasteiger partial charge in [0, 0.05) is 12.6 Å². The summed E-state index contributed by atoms with van der Waals surface area (Å²) in [6, 6.07) is 5.70. The molecule has 0 bridgehead atoms. The van der Waals surface area contributed by atoms with E-state index >= 15 is 0 Å². The Balaban J connectivity index is 2.22. The Labute approximate surface area is 120 Å². The van der Waals surface area contributed by atoms with Gasteiger partial charge in [-0.2, -0.15) is 24.5 Å². The van der Waals surface area contributed by atoms with E-state index in [1.807, 2.05) is 10.8 Å². The number of alkyl halides is 3. The van der Waals surface area contributed by atoms with Gasteiger partial charge >= 0.3 is 6.18 Å². The van der Waals surface area contributed by atoms with Crippen molar-refractivity contribution >= 4 is 11.3 Å². The summed E-state index contributed by atoms with van der Waals surface area (Å²) in [6.45, 7) is 4.84. The van der Waals surface area contributed by atoms with Crippen molar-refractivity contribution < 1.29 is 13.2 Å². The molecule has 2 rings (SSSR count). The summed E-state index contributed by atoms with van der Waals surface area (Å²) in [5, 5.41) is 7.32. The predicted molar refractivity (Wildman–Crippen MR) is 76.7 cm³/mol. The molecule has 20 heavy (non-hydrogen) atoms. The lowest BCUT2D eigenvalue weighted by atomic mass is 10.0. The van der Waals surface area contributed by atoms with E-state index in [0.717, 1.165) is 35.4 Å². The lowest BCUT2D eigenvalue weighted by molar-refractivity contribution is -0.137. The molecule has 1 N–H and O–H groups in total. The third-order valence-corrected chi connectivity index (χ3v) is 3.76. The summed E-state index contributed by atoms with van der Waals surface area (Å²) in [7, 11) is 0. The molecule has 0 unspecified atom stereocenters. The van der Waals surface area contributed by atoms with Gasteiger partial charge in [0.05, 0.1) is 5.56 Å². The minimum absolute atomic E-state index is 0.371. The van der Waals surface area contributed by atoms with Crippen LogP contribution < -0.4 is 5.32 Å². The van der Waals surface area contributed by atoms with E-state index in [4.69, 9.17) is 0 Å². The van der Waals surface area contributed by atoms with Crippen molar-refractivity contribution in [2.24, 2.45) is 0 Å². The fourth-order valence-electron chi connectivity index (χ4n) is 1.87. The van der Waals surface area contributed by atoms with E-state index in [-0.39, 0.29) is 0 Å². The van der Waals surface area contributed by atoms with Gasteiger partial charge in [-0.05, 0) is 39.6 Å². The minimum atomic E-state index is -4.28. The molecule has 108 valence electrons. The van der Waals surface area contributed by atoms with Gasteiger partial charge in [0.1, 0.15) is 0 Å². The Morgan fingerprint density at radius 2 is 1.75 bits per heavy atom. The first-order chi connectivity index (χ1) is 9.38. The number of thiophene rings is 1. The molecular weight excluding hydrogens is 283 g/mol. The average Bonchev–Trinajstić information content (AvgIpc) is 2.83. The normalized spacial score (nSPS) is 12.1. The zero-order valence-electron chi connectivity index (χ0n) is 11.3. The molecule has 1 heterocycles. The number of hydrogen-bond donors (Lipinski definition) is 1. The Morgan fingerprint density at radius 3 is 2.30 bits per heavy atom. The lowest BCUT2D eigenvalue weighted by Gasteiger charge is -2.10. The van der Waals surface area contributed by atoms with Gasteiger partial charge < -0.3 is 5.32 Å². The summed E-state index contributed by atoms with van der Waals surface area (Å²) in [4.78, 5) is 0. The predicted octanol–water partition coefficient (Wildman–Crippen LogP) is 4.93. The fraction of sp³-hybridized carbons (Fsp3) is 0.333. The van der Waals surface area contributed by atoms with Crippen LogP contribution in [0.5, 0.6) is 0 Å². The van der Waals surface area contributed by atoms with Crippen LogP contribution in [0.2, 0.25) is 0 Å². The number of halogens is 3. The van der Waals surface area contributed by atoms with Crippen molar-refractivity contribution in [3.05, 3.63) is 46.2 Å². The molecule has 0 aliphatic rings. The average molecular weight is 299 g/mol. The summed E-state index contributed by atoms with van der Waals surface area (Å²) in [5.41, 5.74) is 2.32. The van der Waals surface area contributed by atoms with Gasteiger partial charge in [0.2, 0.25) is 0 Å². The minimum Gasteiger partial charge on any atom is -0.310 e. The van der Waals surface area contributed by atoms with Crippen LogP contribution in [0, 0.1) is 0 Å². The van der Waals surface area contributed by atoms with Crippen LogP contribution in [0.15, 0.2) is 35.0 Å². The molecule has 1 aromatic heterocycles. The Hall–Kier alpha value is -1.33. The van der Waals surface area contributed by atoms with E-state index in [1.54, 1.807) is 11.3 Å². The quantitative estimate of drug-likeness (QED) is 0.844. The van der Waals surface area contributed by atoms with Crippen LogP contribution in [0.3, 0.4) is 0 Å². The second-order valence-electron chi connectivity index (χ2n) is 4.92. The highest BCUT2D eigenvalue weighted by Crippen LogP contribution is 2.32. The molecule has 0 aliphatic heterocycles. The number of rotatable bonds is 4. The van der Waals surface area contributed by atoms with Gasteiger partial charge in [0.25, 0.3) is 0 Å². The number of hydrogen-bond acceptors (Lipinski definition) is 2. The zero-order chi connectivity index (χ0) is 14.8. The molecular formula is C15H16F3NS. The highest BCUT2D eigenvalue weighted by Gasteiger charge is 2.30. The highest BCUT2D eigenvalue weighted by atomic mass is 32.1. The highest BCUT2D eigenvalue weighted by molar-refractivity contribution is 7.08. The standard InChI is InChI=1S/C15H16F3NS/c1-10(2)19-7-12-8-20-9-14(12)11-3-5-13(6-4-11)15(16,17)18/h3-6,8-10,19H,7H2,1-2H3. The molecule has 1 nitrogen and oxygen atoms in total. The monoisotopic (exact) mass is 299 g/mol. The van der Waals surface area contributed by atoms with Crippen LogP contribution in [0.1, 0.15) is 25.0 Å². The third-order valence-electron chi connectivity index (χ3n) is 2.97. The molecule has 0 fully saturated rings. The number of benzene rings is 1. The van der Waals surface area contributed by atoms with Gasteiger partial charge in [-0.3, -0.25) is 0 Å². The smallest absolute Gasteiger partial charge is 0.310 e. The van der Waals surface area contributed by atoms with E-state index in [0.29, 0.717) is 6.04 Å². The lowest BCUT2D eigenvalue weighted by Crippen LogP contribution is -2.21. The van der Waals surface area contributed by atoms with Gasteiger partial charge in [0.15, 0.2) is 0 Å². The van der Waals surface area contributed by atoms with Crippen molar-refractivity contribution in [1.29, 1.82) is 0 Å². The van der Waals surface area contributed by atoms with Crippen LogP contribution in [-0.4, -0.2) is 6.04 Å². The van der Waals surface area contributed by atoms with E-state index < -0.39 is 11.7 Å². The maximum atomic E-state index is 12.5. The molecule has 2 aromatic rings. The molecule has 5 heteroatoms. The SMILES string of the molecule is CC(C)NCc1cscc1-c1ccc(C(F)(F)F)cc1. The maximum Gasteiger partial charge on any atom is 0.416 e. The van der Waals surface area contributed by atoms with Gasteiger partial charge in [-0.15, -0.1) is 0 Å². The molecule has 0 amide bonds. The van der Waals surface area contributed by atoms with Gasteiger partial charge in [-0.1, -0.05) is 26.0 Å². The van der Waals surface area contributed by atoms with Crippen LogP contribution >= 0.6 is 11.3 Å². The summed E-state index contributed by atoms with van der Waals surface area (Å²) >= 11 is 1.56. The topological polar surface area (TPSA) is 12.0 Å². The summed E-state index contributed by atoms with van der Waals surface area (Å²) in [6.07, 6.45) is -4.28. The summed E-state index contributed by atoms with van der Waals surface area (Å²) in [5.74, 6) is 0. The summed E-state index contributed by atoms with van der Waals surface area (Å²) < 4.78 is 37.6. The molecule has 0 saturated carbocycles. The zero-order valence-corrected chi connectivity index (χ0v) is 12.1. The molecule has 0 spiro atoms. The van der Waals surface area contributed by atoms with Crippen molar-refractivity contribution in [3.63, 3.8) is 0 Å². The molecule has 0 radical (unpaired) electrons. The van der Waals surface area contributed by atoms with E-state index in [1.165, 1.54) is 12.1 Å². The fourth-order valence-corrected chi connectivity index (χ4v) is 2.73. The van der Waals surface area contributed by atoms with E-state index in [2.05, 4.69) is 19.2 Å². The van der Waals surface area contributed by atoms with Gasteiger partial charge in [-0.25, -0.2) is 0 Å².